The van der Waals surface area contributed by atoms with Crippen LogP contribution in [0.5, 0.6) is 5.75 Å². The van der Waals surface area contributed by atoms with Gasteiger partial charge in [-0.2, -0.15) is 4.98 Å². The molecule has 35 heavy (non-hydrogen) atoms. The highest BCUT2D eigenvalue weighted by atomic mass is 16.6. The van der Waals surface area contributed by atoms with Gasteiger partial charge in [-0.1, -0.05) is 54.6 Å². The first-order valence-electron chi connectivity index (χ1n) is 11.5. The molecule has 4 rings (SSSR count). The maximum absolute atomic E-state index is 12.4. The fourth-order valence-electron chi connectivity index (χ4n) is 3.33. The van der Waals surface area contributed by atoms with Crippen molar-refractivity contribution >= 4 is 29.2 Å². The van der Waals surface area contributed by atoms with Gasteiger partial charge in [-0.15, -0.1) is 0 Å². The molecule has 1 aromatic heterocycles. The van der Waals surface area contributed by atoms with Crippen LogP contribution in [0.2, 0.25) is 0 Å². The van der Waals surface area contributed by atoms with Gasteiger partial charge in [0.15, 0.2) is 5.58 Å². The Balaban J connectivity index is 1.33. The number of anilines is 1. The van der Waals surface area contributed by atoms with E-state index in [-0.39, 0.29) is 19.0 Å². The van der Waals surface area contributed by atoms with Crippen molar-refractivity contribution in [2.45, 2.75) is 13.5 Å². The van der Waals surface area contributed by atoms with Crippen molar-refractivity contribution in [1.29, 1.82) is 0 Å². The van der Waals surface area contributed by atoms with E-state index >= 15 is 0 Å². The second-order valence-corrected chi connectivity index (χ2v) is 7.81. The highest BCUT2D eigenvalue weighted by Gasteiger charge is 2.13. The predicted octanol–water partition coefficient (Wildman–Crippen LogP) is 5.46. The van der Waals surface area contributed by atoms with Crippen molar-refractivity contribution in [2.75, 3.05) is 31.7 Å². The van der Waals surface area contributed by atoms with Crippen LogP contribution in [0.15, 0.2) is 89.0 Å². The SMILES string of the molecule is CCOC(=O)/C(=C/c1ccc(OCCN(C)c2nc3ccccc3o2)cc1)OCc1ccccc1. The van der Waals surface area contributed by atoms with Crippen molar-refractivity contribution < 1.29 is 23.4 Å². The summed E-state index contributed by atoms with van der Waals surface area (Å²) in [6.07, 6.45) is 1.67. The summed E-state index contributed by atoms with van der Waals surface area (Å²) in [5.74, 6) is 0.381. The molecule has 0 saturated carbocycles. The highest BCUT2D eigenvalue weighted by molar-refractivity contribution is 5.91. The monoisotopic (exact) mass is 472 g/mol. The number of likely N-dealkylation sites (N-methyl/N-ethyl adjacent to an activating group) is 1. The third-order valence-electron chi connectivity index (χ3n) is 5.20. The number of benzene rings is 3. The quantitative estimate of drug-likeness (QED) is 0.163. The summed E-state index contributed by atoms with van der Waals surface area (Å²) in [4.78, 5) is 18.8. The van der Waals surface area contributed by atoms with Gasteiger partial charge in [0.05, 0.1) is 13.2 Å². The maximum Gasteiger partial charge on any atom is 0.373 e. The number of hydrogen-bond acceptors (Lipinski definition) is 7. The normalized spacial score (nSPS) is 11.3. The van der Waals surface area contributed by atoms with Crippen molar-refractivity contribution in [1.82, 2.24) is 4.98 Å². The number of rotatable bonds is 11. The fourth-order valence-corrected chi connectivity index (χ4v) is 3.33. The second-order valence-electron chi connectivity index (χ2n) is 7.81. The molecule has 0 atom stereocenters. The van der Waals surface area contributed by atoms with Crippen LogP contribution in [0.25, 0.3) is 17.2 Å². The van der Waals surface area contributed by atoms with Crippen LogP contribution in [-0.2, 0) is 20.9 Å². The summed E-state index contributed by atoms with van der Waals surface area (Å²) >= 11 is 0. The van der Waals surface area contributed by atoms with Gasteiger partial charge in [0, 0.05) is 7.05 Å². The van der Waals surface area contributed by atoms with E-state index in [2.05, 4.69) is 4.98 Å². The van der Waals surface area contributed by atoms with E-state index in [4.69, 9.17) is 18.6 Å². The topological polar surface area (TPSA) is 74.0 Å². The molecular formula is C28H28N2O5. The first-order chi connectivity index (χ1) is 17.1. The van der Waals surface area contributed by atoms with Crippen molar-refractivity contribution in [3.05, 3.63) is 95.7 Å². The Labute approximate surface area is 204 Å². The van der Waals surface area contributed by atoms with Crippen LogP contribution < -0.4 is 9.64 Å². The molecular weight excluding hydrogens is 444 g/mol. The Morgan fingerprint density at radius 3 is 2.46 bits per heavy atom. The zero-order valence-corrected chi connectivity index (χ0v) is 19.8. The summed E-state index contributed by atoms with van der Waals surface area (Å²) in [6, 6.07) is 25.3. The van der Waals surface area contributed by atoms with Crippen LogP contribution >= 0.6 is 0 Å². The first kappa shape index (κ1) is 23.9. The molecule has 7 nitrogen and oxygen atoms in total. The lowest BCUT2D eigenvalue weighted by atomic mass is 10.2. The van der Waals surface area contributed by atoms with Crippen molar-refractivity contribution in [2.24, 2.45) is 0 Å². The standard InChI is InChI=1S/C28H28N2O5/c1-3-32-27(31)26(34-20-22-9-5-4-6-10-22)19-21-13-15-23(16-14-21)33-18-17-30(2)28-29-24-11-7-8-12-25(24)35-28/h4-16,19H,3,17-18,20H2,1-2H3/b26-19-. The minimum Gasteiger partial charge on any atom is -0.492 e. The molecule has 0 saturated heterocycles. The van der Waals surface area contributed by atoms with E-state index in [1.54, 1.807) is 13.0 Å². The van der Waals surface area contributed by atoms with Gasteiger partial charge in [-0.3, -0.25) is 0 Å². The molecule has 7 heteroatoms. The van der Waals surface area contributed by atoms with E-state index in [1.165, 1.54) is 0 Å². The average Bonchev–Trinajstić information content (AvgIpc) is 3.33. The number of carbonyl (C=O) groups is 1. The summed E-state index contributed by atoms with van der Waals surface area (Å²) in [6.45, 7) is 3.38. The molecule has 0 aliphatic carbocycles. The van der Waals surface area contributed by atoms with Gasteiger partial charge < -0.3 is 23.5 Å². The molecule has 0 fully saturated rings. The third-order valence-corrected chi connectivity index (χ3v) is 5.20. The summed E-state index contributed by atoms with van der Waals surface area (Å²) in [7, 11) is 1.91. The van der Waals surface area contributed by atoms with Gasteiger partial charge in [0.25, 0.3) is 6.01 Å². The summed E-state index contributed by atoms with van der Waals surface area (Å²) in [5.41, 5.74) is 3.36. The average molecular weight is 473 g/mol. The van der Waals surface area contributed by atoms with Crippen molar-refractivity contribution in [3.8, 4) is 5.75 Å². The third kappa shape index (κ3) is 6.63. The van der Waals surface area contributed by atoms with Crippen LogP contribution in [0.1, 0.15) is 18.1 Å². The molecule has 0 unspecified atom stereocenters. The van der Waals surface area contributed by atoms with E-state index in [0.717, 1.165) is 28.0 Å². The zero-order chi connectivity index (χ0) is 24.5. The number of esters is 1. The van der Waals surface area contributed by atoms with Crippen molar-refractivity contribution in [3.63, 3.8) is 0 Å². The number of para-hydroxylation sites is 2. The minimum atomic E-state index is -0.494. The molecule has 0 N–H and O–H groups in total. The fraction of sp³-hybridized carbons (Fsp3) is 0.214. The largest absolute Gasteiger partial charge is 0.492 e. The maximum atomic E-state index is 12.4. The zero-order valence-electron chi connectivity index (χ0n) is 19.8. The predicted molar refractivity (Wildman–Crippen MR) is 135 cm³/mol. The second kappa shape index (κ2) is 11.7. The van der Waals surface area contributed by atoms with Gasteiger partial charge in [0.2, 0.25) is 5.76 Å². The molecule has 180 valence electrons. The van der Waals surface area contributed by atoms with Crippen LogP contribution in [-0.4, -0.2) is 37.8 Å². The smallest absolute Gasteiger partial charge is 0.373 e. The molecule has 0 bridgehead atoms. The van der Waals surface area contributed by atoms with Gasteiger partial charge in [-0.25, -0.2) is 4.79 Å². The number of aromatic nitrogens is 1. The Kier molecular flexibility index (Phi) is 8.01. The van der Waals surface area contributed by atoms with E-state index in [1.807, 2.05) is 90.8 Å². The Bertz CT molecular complexity index is 1230. The molecule has 1 heterocycles. The molecule has 0 aliphatic rings. The number of fused-ring (bicyclic) bond motifs is 1. The van der Waals surface area contributed by atoms with Gasteiger partial charge in [-0.05, 0) is 48.4 Å². The first-order valence-corrected chi connectivity index (χ1v) is 11.5. The Morgan fingerprint density at radius 1 is 0.971 bits per heavy atom. The number of hydrogen-bond donors (Lipinski definition) is 0. The Hall–Kier alpha value is -4.26. The number of ether oxygens (including phenoxy) is 3. The number of carbonyl (C=O) groups excluding carboxylic acids is 1. The van der Waals surface area contributed by atoms with Crippen LogP contribution in [0, 0.1) is 0 Å². The van der Waals surface area contributed by atoms with E-state index in [0.29, 0.717) is 19.2 Å². The van der Waals surface area contributed by atoms with Gasteiger partial charge in [0.1, 0.15) is 24.5 Å². The molecule has 0 amide bonds. The number of nitrogens with zero attached hydrogens (tertiary/aromatic N) is 2. The molecule has 0 radical (unpaired) electrons. The minimum absolute atomic E-state index is 0.157. The number of oxazole rings is 1. The van der Waals surface area contributed by atoms with E-state index < -0.39 is 5.97 Å². The molecule has 3 aromatic carbocycles. The van der Waals surface area contributed by atoms with Gasteiger partial charge >= 0.3 is 5.97 Å². The summed E-state index contributed by atoms with van der Waals surface area (Å²) < 4.78 is 22.6. The lowest BCUT2D eigenvalue weighted by Gasteiger charge is -2.15. The lowest BCUT2D eigenvalue weighted by molar-refractivity contribution is -0.142. The van der Waals surface area contributed by atoms with E-state index in [9.17, 15) is 4.79 Å². The lowest BCUT2D eigenvalue weighted by Crippen LogP contribution is -2.23. The summed E-state index contributed by atoms with van der Waals surface area (Å²) in [5, 5.41) is 0. The van der Waals surface area contributed by atoms with Crippen LogP contribution in [0.4, 0.5) is 6.01 Å². The van der Waals surface area contributed by atoms with Crippen LogP contribution in [0.3, 0.4) is 0 Å². The molecule has 4 aromatic rings. The highest BCUT2D eigenvalue weighted by Crippen LogP contribution is 2.21. The molecule has 0 spiro atoms. The molecule has 0 aliphatic heterocycles. The Morgan fingerprint density at radius 2 is 1.71 bits per heavy atom.